The Balaban J connectivity index is 2.06. The number of hydrazone groups is 1. The maximum Gasteiger partial charge on any atom is 0.272 e. The number of nitrogens with one attached hydrogen (secondary N) is 1. The van der Waals surface area contributed by atoms with E-state index >= 15 is 0 Å². The smallest absolute Gasteiger partial charge is 0.267 e. The van der Waals surface area contributed by atoms with Crippen LogP contribution in [0.2, 0.25) is 0 Å². The topological polar surface area (TPSA) is 84.6 Å². The molecule has 0 fully saturated rings. The first kappa shape index (κ1) is 15.1. The van der Waals surface area contributed by atoms with Gasteiger partial charge in [-0.25, -0.2) is 5.43 Å². The molecule has 0 heterocycles. The number of halogens is 1. The highest BCUT2D eigenvalue weighted by atomic mass is 127. The molecule has 0 aliphatic rings. The molecule has 0 bridgehead atoms. The highest BCUT2D eigenvalue weighted by Gasteiger charge is 2.07. The second-order valence-corrected chi connectivity index (χ2v) is 5.19. The molecule has 0 saturated heterocycles. The van der Waals surface area contributed by atoms with E-state index in [0.29, 0.717) is 11.1 Å². The normalized spacial score (nSPS) is 10.5. The molecule has 0 radical (unpaired) electrons. The van der Waals surface area contributed by atoms with Gasteiger partial charge in [0.2, 0.25) is 0 Å². The van der Waals surface area contributed by atoms with Crippen LogP contribution in [0, 0.1) is 13.7 Å². The predicted octanol–water partition coefficient (Wildman–Crippen LogP) is 2.96. The van der Waals surface area contributed by atoms with Gasteiger partial charge in [0.1, 0.15) is 0 Å². The van der Waals surface area contributed by atoms with Crippen LogP contribution in [-0.4, -0.2) is 17.0 Å². The van der Waals surface area contributed by atoms with Crippen molar-refractivity contribution in [2.75, 3.05) is 0 Å². The molecule has 0 aliphatic heterocycles. The molecule has 2 aromatic carbocycles. The summed E-state index contributed by atoms with van der Waals surface area (Å²) >= 11 is 2.06. The molecule has 21 heavy (non-hydrogen) atoms. The molecule has 1 amide bonds. The number of nitrogens with zero attached hydrogens (tertiary/aromatic N) is 2. The van der Waals surface area contributed by atoms with Gasteiger partial charge in [0, 0.05) is 21.3 Å². The van der Waals surface area contributed by atoms with Gasteiger partial charge in [0.25, 0.3) is 11.6 Å². The van der Waals surface area contributed by atoms with Crippen LogP contribution in [0.3, 0.4) is 0 Å². The Hall–Kier alpha value is -2.29. The van der Waals surface area contributed by atoms with E-state index in [4.69, 9.17) is 0 Å². The lowest BCUT2D eigenvalue weighted by Crippen LogP contribution is -2.18. The average molecular weight is 395 g/mol. The second-order valence-electron chi connectivity index (χ2n) is 4.03. The van der Waals surface area contributed by atoms with Gasteiger partial charge in [-0.2, -0.15) is 5.10 Å². The number of hydrogen-bond donors (Lipinski definition) is 1. The number of amides is 1. The number of carbonyl (C=O) groups is 1. The summed E-state index contributed by atoms with van der Waals surface area (Å²) in [6, 6.07) is 13.1. The van der Waals surface area contributed by atoms with E-state index in [1.807, 2.05) is 12.1 Å². The molecule has 7 heteroatoms. The van der Waals surface area contributed by atoms with E-state index in [2.05, 4.69) is 33.1 Å². The van der Waals surface area contributed by atoms with Gasteiger partial charge in [-0.3, -0.25) is 14.9 Å². The highest BCUT2D eigenvalue weighted by Crippen LogP contribution is 2.12. The molecule has 106 valence electrons. The van der Waals surface area contributed by atoms with Gasteiger partial charge in [0.05, 0.1) is 16.7 Å². The zero-order valence-electron chi connectivity index (χ0n) is 10.7. The number of benzene rings is 2. The van der Waals surface area contributed by atoms with Crippen molar-refractivity contribution in [3.63, 3.8) is 0 Å². The van der Waals surface area contributed by atoms with Gasteiger partial charge in [-0.1, -0.05) is 24.3 Å². The summed E-state index contributed by atoms with van der Waals surface area (Å²) in [6.07, 6.45) is 1.36. The molecule has 1 N–H and O–H groups in total. The number of rotatable bonds is 4. The van der Waals surface area contributed by atoms with Crippen LogP contribution in [0.4, 0.5) is 5.69 Å². The van der Waals surface area contributed by atoms with Crippen molar-refractivity contribution in [3.8, 4) is 0 Å². The van der Waals surface area contributed by atoms with Gasteiger partial charge >= 0.3 is 0 Å². The first-order valence-corrected chi connectivity index (χ1v) is 6.98. The minimum absolute atomic E-state index is 0.0251. The summed E-state index contributed by atoms with van der Waals surface area (Å²) < 4.78 is 0.818. The largest absolute Gasteiger partial charge is 0.272 e. The van der Waals surface area contributed by atoms with Gasteiger partial charge in [-0.15, -0.1) is 0 Å². The molecule has 0 spiro atoms. The van der Waals surface area contributed by atoms with Crippen molar-refractivity contribution >= 4 is 40.4 Å². The number of hydrogen-bond acceptors (Lipinski definition) is 4. The molecule has 0 aromatic heterocycles. The lowest BCUT2D eigenvalue weighted by Gasteiger charge is -2.01. The van der Waals surface area contributed by atoms with E-state index in [0.717, 1.165) is 3.57 Å². The summed E-state index contributed by atoms with van der Waals surface area (Å²) in [5.74, 6) is -0.332. The van der Waals surface area contributed by atoms with E-state index < -0.39 is 4.92 Å². The van der Waals surface area contributed by atoms with Crippen molar-refractivity contribution in [2.45, 2.75) is 0 Å². The summed E-state index contributed by atoms with van der Waals surface area (Å²) in [4.78, 5) is 22.1. The molecule has 0 aliphatic carbocycles. The third-order valence-electron chi connectivity index (χ3n) is 2.58. The first-order chi connectivity index (χ1) is 10.1. The molecule has 0 saturated carbocycles. The minimum Gasteiger partial charge on any atom is -0.267 e. The van der Waals surface area contributed by atoms with Crippen LogP contribution < -0.4 is 5.43 Å². The van der Waals surface area contributed by atoms with E-state index in [1.165, 1.54) is 18.3 Å². The Morgan fingerprint density at radius 1 is 1.24 bits per heavy atom. The molecule has 6 nitrogen and oxygen atoms in total. The Labute approximate surface area is 134 Å². The number of nitro benzene ring substituents is 1. The van der Waals surface area contributed by atoms with Crippen molar-refractivity contribution < 1.29 is 9.72 Å². The molecule has 2 aromatic rings. The fourth-order valence-corrected chi connectivity index (χ4v) is 2.22. The Kier molecular flexibility index (Phi) is 4.99. The zero-order valence-corrected chi connectivity index (χ0v) is 12.9. The summed E-state index contributed by atoms with van der Waals surface area (Å²) in [6.45, 7) is 0. The van der Waals surface area contributed by atoms with Crippen LogP contribution in [0.25, 0.3) is 0 Å². The lowest BCUT2D eigenvalue weighted by atomic mass is 10.2. The quantitative estimate of drug-likeness (QED) is 0.374. The Morgan fingerprint density at radius 3 is 2.71 bits per heavy atom. The first-order valence-electron chi connectivity index (χ1n) is 5.90. The number of non-ortho nitro benzene ring substituents is 1. The van der Waals surface area contributed by atoms with Crippen molar-refractivity contribution in [3.05, 3.63) is 73.3 Å². The summed E-state index contributed by atoms with van der Waals surface area (Å²) in [5, 5.41) is 14.5. The molecular weight excluding hydrogens is 385 g/mol. The van der Waals surface area contributed by atoms with Crippen LogP contribution in [0.1, 0.15) is 15.9 Å². The zero-order chi connectivity index (χ0) is 15.2. The Morgan fingerprint density at radius 2 is 2.00 bits per heavy atom. The van der Waals surface area contributed by atoms with Gasteiger partial charge < -0.3 is 0 Å². The third kappa shape index (κ3) is 4.09. The fraction of sp³-hybridized carbons (Fsp3) is 0. The highest BCUT2D eigenvalue weighted by molar-refractivity contribution is 14.1. The van der Waals surface area contributed by atoms with Gasteiger partial charge in [-0.05, 0) is 34.7 Å². The van der Waals surface area contributed by atoms with Crippen molar-refractivity contribution in [1.82, 2.24) is 5.43 Å². The van der Waals surface area contributed by atoms with Crippen LogP contribution in [0.15, 0.2) is 53.6 Å². The lowest BCUT2D eigenvalue weighted by molar-refractivity contribution is -0.384. The molecule has 2 rings (SSSR count). The number of nitro groups is 1. The van der Waals surface area contributed by atoms with Crippen LogP contribution in [0.5, 0.6) is 0 Å². The molecule has 0 atom stereocenters. The van der Waals surface area contributed by atoms with Crippen molar-refractivity contribution in [1.29, 1.82) is 0 Å². The van der Waals surface area contributed by atoms with Crippen LogP contribution >= 0.6 is 22.6 Å². The van der Waals surface area contributed by atoms with E-state index in [1.54, 1.807) is 24.3 Å². The second kappa shape index (κ2) is 6.93. The predicted molar refractivity (Wildman–Crippen MR) is 87.3 cm³/mol. The van der Waals surface area contributed by atoms with Gasteiger partial charge in [0.15, 0.2) is 0 Å². The standard InChI is InChI=1S/C14H10IN3O3/c15-13-7-2-1-6-12(13)14(19)17-16-9-10-4-3-5-11(8-10)18(20)21/h1-9H,(H,17,19)/b16-9-. The Bertz CT molecular complexity index is 716. The fourth-order valence-electron chi connectivity index (χ4n) is 1.59. The monoisotopic (exact) mass is 395 g/mol. The van der Waals surface area contributed by atoms with E-state index in [9.17, 15) is 14.9 Å². The van der Waals surface area contributed by atoms with Crippen LogP contribution in [-0.2, 0) is 0 Å². The summed E-state index contributed by atoms with van der Waals surface area (Å²) in [7, 11) is 0. The summed E-state index contributed by atoms with van der Waals surface area (Å²) in [5.41, 5.74) is 3.42. The molecule has 0 unspecified atom stereocenters. The average Bonchev–Trinajstić information content (AvgIpc) is 2.48. The van der Waals surface area contributed by atoms with E-state index in [-0.39, 0.29) is 11.6 Å². The maximum atomic E-state index is 11.9. The number of carbonyl (C=O) groups excluding carboxylic acids is 1. The maximum absolute atomic E-state index is 11.9. The SMILES string of the molecule is O=C(N/N=C\c1cccc([N+](=O)[O-])c1)c1ccccc1I. The van der Waals surface area contributed by atoms with Crippen molar-refractivity contribution in [2.24, 2.45) is 5.10 Å². The molecular formula is C14H10IN3O3. The third-order valence-corrected chi connectivity index (χ3v) is 3.52. The minimum atomic E-state index is -0.484.